The first-order valence-corrected chi connectivity index (χ1v) is 18.2. The maximum absolute atomic E-state index is 2.34. The van der Waals surface area contributed by atoms with E-state index in [-0.39, 0.29) is 0 Å². The molecule has 2 aliphatic rings. The topological polar surface area (TPSA) is 0 Å². The summed E-state index contributed by atoms with van der Waals surface area (Å²) in [6.07, 6.45) is 18.8. The zero-order valence-corrected chi connectivity index (χ0v) is 26.6. The summed E-state index contributed by atoms with van der Waals surface area (Å²) < 4.78 is 2.86. The summed E-state index contributed by atoms with van der Waals surface area (Å²) in [6.45, 7) is 4.57. The first kappa shape index (κ1) is 30.0. The Morgan fingerprint density at radius 1 is 0.447 bits per heavy atom. The molecule has 0 amide bonds. The molecular weight excluding hydrogens is 537 g/mol. The van der Waals surface area contributed by atoms with Gasteiger partial charge in [-0.25, -0.2) is 0 Å². The van der Waals surface area contributed by atoms with Gasteiger partial charge in [-0.2, -0.15) is 0 Å². The van der Waals surface area contributed by atoms with E-state index in [1.54, 1.807) is 0 Å². The van der Waals surface area contributed by atoms with E-state index in [1.165, 1.54) is 130 Å². The van der Waals surface area contributed by atoms with Crippen LogP contribution < -0.4 is 0 Å². The van der Waals surface area contributed by atoms with Crippen molar-refractivity contribution in [3.05, 3.63) is 90.1 Å². The summed E-state index contributed by atoms with van der Waals surface area (Å²) in [7, 11) is 0. The maximum atomic E-state index is 2.34. The molecule has 2 heterocycles. The fourth-order valence-corrected chi connectivity index (χ4v) is 9.76. The van der Waals surface area contributed by atoms with Gasteiger partial charge in [-0.1, -0.05) is 174 Å². The second-order valence-corrected chi connectivity index (χ2v) is 14.8. The summed E-state index contributed by atoms with van der Waals surface area (Å²) in [5.41, 5.74) is 5.67. The summed E-state index contributed by atoms with van der Waals surface area (Å²) in [5, 5.41) is 4.68. The Labute approximate surface area is 249 Å². The Morgan fingerprint density at radius 2 is 0.816 bits per heavy atom. The SMILES string of the molecule is CCCCCCCCc1ccc(C2=CSC(=C3SC=C(c4ccc(CCCCCCCC)cc4)S3)S2)cc1. The molecule has 0 aromatic heterocycles. The van der Waals surface area contributed by atoms with Gasteiger partial charge in [0.1, 0.15) is 0 Å². The van der Waals surface area contributed by atoms with Crippen molar-refractivity contribution in [2.45, 2.75) is 104 Å². The summed E-state index contributed by atoms with van der Waals surface area (Å²) >= 11 is 7.66. The largest absolute Gasteiger partial charge is 0.0878 e. The molecule has 0 fully saturated rings. The van der Waals surface area contributed by atoms with Crippen molar-refractivity contribution in [3.8, 4) is 0 Å². The number of benzene rings is 2. The van der Waals surface area contributed by atoms with Crippen LogP contribution in [0.3, 0.4) is 0 Å². The average molecular weight is 581 g/mol. The van der Waals surface area contributed by atoms with Gasteiger partial charge in [0.2, 0.25) is 0 Å². The van der Waals surface area contributed by atoms with E-state index in [0.717, 1.165) is 0 Å². The van der Waals surface area contributed by atoms with Crippen LogP contribution in [0, 0.1) is 0 Å². The zero-order chi connectivity index (χ0) is 26.4. The van der Waals surface area contributed by atoms with Crippen molar-refractivity contribution >= 4 is 56.9 Å². The fourth-order valence-electron chi connectivity index (χ4n) is 4.83. The molecule has 204 valence electrons. The van der Waals surface area contributed by atoms with Gasteiger partial charge in [-0.05, 0) is 58.8 Å². The lowest BCUT2D eigenvalue weighted by Crippen LogP contribution is -1.87. The molecule has 0 spiro atoms. The molecule has 0 atom stereocenters. The van der Waals surface area contributed by atoms with E-state index in [9.17, 15) is 0 Å². The van der Waals surface area contributed by atoms with Crippen molar-refractivity contribution in [2.24, 2.45) is 0 Å². The molecule has 2 aliphatic heterocycles. The quantitative estimate of drug-likeness (QED) is 0.181. The molecule has 4 heteroatoms. The molecule has 2 aromatic carbocycles. The minimum atomic E-state index is 1.21. The molecule has 4 rings (SSSR count). The Balaban J connectivity index is 1.21. The van der Waals surface area contributed by atoms with Gasteiger partial charge in [-0.15, -0.1) is 0 Å². The van der Waals surface area contributed by atoms with Crippen LogP contribution in [0.15, 0.2) is 67.8 Å². The van der Waals surface area contributed by atoms with Crippen LogP contribution in [-0.4, -0.2) is 0 Å². The Morgan fingerprint density at radius 3 is 1.21 bits per heavy atom. The average Bonchev–Trinajstić information content (AvgIpc) is 3.64. The molecule has 0 unspecified atom stereocenters. The third-order valence-electron chi connectivity index (χ3n) is 7.23. The summed E-state index contributed by atoms with van der Waals surface area (Å²) in [5.74, 6) is 0. The highest BCUT2D eigenvalue weighted by Gasteiger charge is 2.23. The van der Waals surface area contributed by atoms with Crippen molar-refractivity contribution in [3.63, 3.8) is 0 Å². The van der Waals surface area contributed by atoms with Crippen LogP contribution in [0.25, 0.3) is 9.81 Å². The lowest BCUT2D eigenvalue weighted by molar-refractivity contribution is 0.607. The highest BCUT2D eigenvalue weighted by molar-refractivity contribution is 8.36. The molecule has 0 bridgehead atoms. The van der Waals surface area contributed by atoms with Crippen LogP contribution in [0.5, 0.6) is 0 Å². The summed E-state index contributed by atoms with van der Waals surface area (Å²) in [4.78, 5) is 2.77. The summed E-state index contributed by atoms with van der Waals surface area (Å²) in [6, 6.07) is 18.7. The third kappa shape index (κ3) is 9.61. The van der Waals surface area contributed by atoms with Crippen molar-refractivity contribution in [1.29, 1.82) is 0 Å². The van der Waals surface area contributed by atoms with E-state index in [1.807, 2.05) is 47.0 Å². The van der Waals surface area contributed by atoms with Crippen molar-refractivity contribution < 1.29 is 0 Å². The molecule has 0 aliphatic carbocycles. The third-order valence-corrected chi connectivity index (χ3v) is 12.6. The fraction of sp³-hybridized carbons (Fsp3) is 0.471. The lowest BCUT2D eigenvalue weighted by atomic mass is 10.0. The number of hydrogen-bond acceptors (Lipinski definition) is 4. The molecule has 2 aromatic rings. The molecule has 0 saturated carbocycles. The first-order chi connectivity index (χ1) is 18.8. The lowest BCUT2D eigenvalue weighted by Gasteiger charge is -2.07. The number of hydrogen-bond donors (Lipinski definition) is 0. The van der Waals surface area contributed by atoms with Crippen molar-refractivity contribution in [1.82, 2.24) is 0 Å². The monoisotopic (exact) mass is 580 g/mol. The van der Waals surface area contributed by atoms with E-state index >= 15 is 0 Å². The van der Waals surface area contributed by atoms with Crippen molar-refractivity contribution in [2.75, 3.05) is 0 Å². The van der Waals surface area contributed by atoms with Gasteiger partial charge < -0.3 is 0 Å². The Bertz CT molecular complexity index is 989. The van der Waals surface area contributed by atoms with Gasteiger partial charge in [0.25, 0.3) is 0 Å². The van der Waals surface area contributed by atoms with E-state index in [2.05, 4.69) is 73.2 Å². The Kier molecular flexibility index (Phi) is 13.4. The number of aryl methyl sites for hydroxylation is 2. The van der Waals surface area contributed by atoms with E-state index in [0.29, 0.717) is 0 Å². The smallest absolute Gasteiger partial charge is 0.0700 e. The molecule has 38 heavy (non-hydrogen) atoms. The highest BCUT2D eigenvalue weighted by atomic mass is 32.2. The Hall–Kier alpha value is -0.940. The van der Waals surface area contributed by atoms with Crippen LogP contribution in [0.1, 0.15) is 113 Å². The van der Waals surface area contributed by atoms with Gasteiger partial charge in [0.05, 0.1) is 8.47 Å². The normalized spacial score (nSPS) is 17.2. The van der Waals surface area contributed by atoms with E-state index in [4.69, 9.17) is 0 Å². The highest BCUT2D eigenvalue weighted by Crippen LogP contribution is 2.58. The first-order valence-electron chi connectivity index (χ1n) is 14.8. The van der Waals surface area contributed by atoms with Crippen LogP contribution in [0.2, 0.25) is 0 Å². The minimum Gasteiger partial charge on any atom is -0.0878 e. The van der Waals surface area contributed by atoms with Crippen LogP contribution >= 0.6 is 47.0 Å². The van der Waals surface area contributed by atoms with Crippen LogP contribution in [-0.2, 0) is 12.8 Å². The minimum absolute atomic E-state index is 1.21. The molecule has 0 N–H and O–H groups in total. The molecular formula is C34H44S4. The predicted octanol–water partition coefficient (Wildman–Crippen LogP) is 12.9. The number of unbranched alkanes of at least 4 members (excludes halogenated alkanes) is 10. The van der Waals surface area contributed by atoms with Gasteiger partial charge in [0, 0.05) is 9.81 Å². The maximum Gasteiger partial charge on any atom is 0.0700 e. The van der Waals surface area contributed by atoms with Crippen LogP contribution in [0.4, 0.5) is 0 Å². The molecule has 0 nitrogen and oxygen atoms in total. The van der Waals surface area contributed by atoms with Gasteiger partial charge >= 0.3 is 0 Å². The predicted molar refractivity (Wildman–Crippen MR) is 180 cm³/mol. The molecule has 0 radical (unpaired) electrons. The second-order valence-electron chi connectivity index (χ2n) is 10.4. The van der Waals surface area contributed by atoms with Gasteiger partial charge in [-0.3, -0.25) is 0 Å². The number of thioether (sulfide) groups is 4. The van der Waals surface area contributed by atoms with E-state index < -0.39 is 0 Å². The second kappa shape index (κ2) is 17.0. The standard InChI is InChI=1S/C34H44S4/c1-3-5-7-9-11-13-15-27-17-21-29(22-18-27)31-25-35-33(37-31)34-36-26-32(38-34)30-23-19-28(20-24-30)16-14-12-10-8-6-4-2/h17-26H,3-16H2,1-2H3. The van der Waals surface area contributed by atoms with Gasteiger partial charge in [0.15, 0.2) is 0 Å². The number of rotatable bonds is 16. The molecule has 0 saturated heterocycles. The zero-order valence-electron chi connectivity index (χ0n) is 23.3.